The van der Waals surface area contributed by atoms with E-state index in [1.165, 1.54) is 7.11 Å². The number of ether oxygens (including phenoxy) is 2. The first-order valence-corrected chi connectivity index (χ1v) is 7.10. The van der Waals surface area contributed by atoms with Crippen LogP contribution in [0.2, 0.25) is 5.15 Å². The lowest BCUT2D eigenvalue weighted by molar-refractivity contribution is -0.0215. The highest BCUT2D eigenvalue weighted by atomic mass is 127. The van der Waals surface area contributed by atoms with Gasteiger partial charge in [0, 0.05) is 11.6 Å². The summed E-state index contributed by atoms with van der Waals surface area (Å²) in [4.78, 5) is 16.2. The number of hydrogen-bond acceptors (Lipinski definition) is 4. The van der Waals surface area contributed by atoms with Crippen LogP contribution in [0, 0.1) is 3.57 Å². The van der Waals surface area contributed by atoms with Crippen LogP contribution in [0.25, 0.3) is 11.0 Å². The highest BCUT2D eigenvalue weighted by molar-refractivity contribution is 14.1. The normalized spacial score (nSPS) is 15.5. The number of nitrogens with zero attached hydrogens (tertiary/aromatic N) is 2. The number of pyridine rings is 1. The molecule has 2 aromatic rings. The Morgan fingerprint density at radius 1 is 1.63 bits per heavy atom. The Hall–Kier alpha value is -0.860. The molecule has 0 aliphatic carbocycles. The van der Waals surface area contributed by atoms with Crippen molar-refractivity contribution >= 4 is 51.2 Å². The maximum Gasteiger partial charge on any atom is 0.338 e. The highest BCUT2D eigenvalue weighted by Crippen LogP contribution is 2.36. The van der Waals surface area contributed by atoms with Crippen molar-refractivity contribution in [2.45, 2.75) is 6.04 Å². The zero-order valence-electron chi connectivity index (χ0n) is 10.0. The topological polar surface area (TPSA) is 53.3 Å². The summed E-state index contributed by atoms with van der Waals surface area (Å²) < 4.78 is 12.7. The first kappa shape index (κ1) is 13.1. The van der Waals surface area contributed by atoms with Crippen LogP contribution in [0.4, 0.5) is 0 Å². The van der Waals surface area contributed by atoms with E-state index in [4.69, 9.17) is 21.1 Å². The van der Waals surface area contributed by atoms with Crippen LogP contribution < -0.4 is 0 Å². The lowest BCUT2D eigenvalue weighted by Crippen LogP contribution is -2.30. The molecule has 100 valence electrons. The van der Waals surface area contributed by atoms with Gasteiger partial charge in [0.2, 0.25) is 0 Å². The van der Waals surface area contributed by atoms with Crippen LogP contribution in [0.15, 0.2) is 12.3 Å². The standard InChI is InChI=1S/C12H10ClIN2O3/c1-18-12(17)7-2-3-15-11-8(7)9(14)10(13)16(11)6-4-19-5-6/h2-3,6H,4-5H2,1H3. The SMILES string of the molecule is COC(=O)c1ccnc2c1c(I)c(Cl)n2C1COC1. The minimum atomic E-state index is -0.385. The Bertz CT molecular complexity index is 667. The minimum Gasteiger partial charge on any atom is -0.465 e. The van der Waals surface area contributed by atoms with Gasteiger partial charge in [0.15, 0.2) is 0 Å². The summed E-state index contributed by atoms with van der Waals surface area (Å²) in [6.07, 6.45) is 1.59. The van der Waals surface area contributed by atoms with Crippen LogP contribution in [-0.2, 0) is 9.47 Å². The van der Waals surface area contributed by atoms with Crippen molar-refractivity contribution in [1.82, 2.24) is 9.55 Å². The number of methoxy groups -OCH3 is 1. The van der Waals surface area contributed by atoms with Crippen molar-refractivity contribution in [1.29, 1.82) is 0 Å². The fourth-order valence-electron chi connectivity index (χ4n) is 2.14. The van der Waals surface area contributed by atoms with E-state index < -0.39 is 0 Å². The van der Waals surface area contributed by atoms with Crippen molar-refractivity contribution in [2.24, 2.45) is 0 Å². The van der Waals surface area contributed by atoms with Crippen LogP contribution in [0.3, 0.4) is 0 Å². The molecule has 0 amide bonds. The molecule has 3 heterocycles. The molecule has 0 spiro atoms. The van der Waals surface area contributed by atoms with Gasteiger partial charge in [-0.2, -0.15) is 0 Å². The van der Waals surface area contributed by atoms with Gasteiger partial charge in [-0.3, -0.25) is 0 Å². The molecule has 0 saturated carbocycles. The number of aromatic nitrogens is 2. The van der Waals surface area contributed by atoms with E-state index >= 15 is 0 Å². The second-order valence-electron chi connectivity index (χ2n) is 4.21. The van der Waals surface area contributed by atoms with E-state index in [-0.39, 0.29) is 12.0 Å². The average molecular weight is 393 g/mol. The van der Waals surface area contributed by atoms with Crippen molar-refractivity contribution in [2.75, 3.05) is 20.3 Å². The molecule has 1 aliphatic heterocycles. The smallest absolute Gasteiger partial charge is 0.338 e. The molecule has 0 unspecified atom stereocenters. The molecule has 1 saturated heterocycles. The van der Waals surface area contributed by atoms with E-state index in [1.807, 2.05) is 4.57 Å². The second kappa shape index (κ2) is 4.92. The highest BCUT2D eigenvalue weighted by Gasteiger charge is 2.29. The summed E-state index contributed by atoms with van der Waals surface area (Å²) >= 11 is 8.50. The Morgan fingerprint density at radius 3 is 2.95 bits per heavy atom. The minimum absolute atomic E-state index is 0.180. The number of esters is 1. The lowest BCUT2D eigenvalue weighted by atomic mass is 10.2. The van der Waals surface area contributed by atoms with Gasteiger partial charge in [0.05, 0.1) is 35.5 Å². The Kier molecular flexibility index (Phi) is 3.40. The lowest BCUT2D eigenvalue weighted by Gasteiger charge is -2.28. The average Bonchev–Trinajstić information content (AvgIpc) is 2.61. The van der Waals surface area contributed by atoms with Crippen molar-refractivity contribution in [3.8, 4) is 0 Å². The Balaban J connectivity index is 2.30. The van der Waals surface area contributed by atoms with Crippen LogP contribution in [0.5, 0.6) is 0 Å². The fraction of sp³-hybridized carbons (Fsp3) is 0.333. The monoisotopic (exact) mass is 392 g/mol. The van der Waals surface area contributed by atoms with E-state index in [9.17, 15) is 4.79 Å². The number of fused-ring (bicyclic) bond motifs is 1. The predicted molar refractivity (Wildman–Crippen MR) is 78.7 cm³/mol. The molecule has 7 heteroatoms. The molecule has 1 fully saturated rings. The largest absolute Gasteiger partial charge is 0.465 e. The van der Waals surface area contributed by atoms with E-state index in [2.05, 4.69) is 27.6 Å². The molecular weight excluding hydrogens is 383 g/mol. The number of rotatable bonds is 2. The summed E-state index contributed by atoms with van der Waals surface area (Å²) in [5, 5.41) is 1.33. The molecule has 0 bridgehead atoms. The van der Waals surface area contributed by atoms with Crippen molar-refractivity contribution < 1.29 is 14.3 Å². The van der Waals surface area contributed by atoms with Crippen molar-refractivity contribution in [3.63, 3.8) is 0 Å². The number of halogens is 2. The first-order valence-electron chi connectivity index (χ1n) is 5.65. The van der Waals surface area contributed by atoms with E-state index in [0.717, 1.165) is 8.96 Å². The molecule has 1 aliphatic rings. The molecule has 3 rings (SSSR count). The van der Waals surface area contributed by atoms with Crippen LogP contribution in [-0.4, -0.2) is 35.8 Å². The van der Waals surface area contributed by atoms with Gasteiger partial charge in [-0.05, 0) is 28.7 Å². The second-order valence-corrected chi connectivity index (χ2v) is 5.65. The number of carbonyl (C=O) groups excluding carboxylic acids is 1. The van der Waals surface area contributed by atoms with Gasteiger partial charge in [0.25, 0.3) is 0 Å². The van der Waals surface area contributed by atoms with Gasteiger partial charge in [-0.15, -0.1) is 0 Å². The van der Waals surface area contributed by atoms with E-state index in [0.29, 0.717) is 29.6 Å². The molecule has 5 nitrogen and oxygen atoms in total. The van der Waals surface area contributed by atoms with E-state index in [1.54, 1.807) is 12.3 Å². The fourth-order valence-corrected chi connectivity index (χ4v) is 3.24. The van der Waals surface area contributed by atoms with Crippen molar-refractivity contribution in [3.05, 3.63) is 26.5 Å². The van der Waals surface area contributed by atoms with Gasteiger partial charge >= 0.3 is 5.97 Å². The molecule has 2 aromatic heterocycles. The maximum atomic E-state index is 11.8. The molecular formula is C12H10ClIN2O3. The summed E-state index contributed by atoms with van der Waals surface area (Å²) in [5.74, 6) is -0.385. The summed E-state index contributed by atoms with van der Waals surface area (Å²) in [6, 6.07) is 1.83. The summed E-state index contributed by atoms with van der Waals surface area (Å²) in [6.45, 7) is 1.23. The molecule has 19 heavy (non-hydrogen) atoms. The third-order valence-corrected chi connectivity index (χ3v) is 4.90. The third kappa shape index (κ3) is 1.93. The van der Waals surface area contributed by atoms with Gasteiger partial charge < -0.3 is 14.0 Å². The van der Waals surface area contributed by atoms with Gasteiger partial charge in [-0.25, -0.2) is 9.78 Å². The first-order chi connectivity index (χ1) is 9.15. The molecule has 0 N–H and O–H groups in total. The zero-order chi connectivity index (χ0) is 13.6. The van der Waals surface area contributed by atoms with Crippen LogP contribution >= 0.6 is 34.2 Å². The number of carbonyl (C=O) groups is 1. The van der Waals surface area contributed by atoms with Gasteiger partial charge in [0.1, 0.15) is 10.8 Å². The summed E-state index contributed by atoms with van der Waals surface area (Å²) in [7, 11) is 1.36. The summed E-state index contributed by atoms with van der Waals surface area (Å²) in [5.41, 5.74) is 1.18. The Labute approximate surface area is 128 Å². The quantitative estimate of drug-likeness (QED) is 0.582. The van der Waals surface area contributed by atoms with Crippen LogP contribution in [0.1, 0.15) is 16.4 Å². The maximum absolute atomic E-state index is 11.8. The molecule has 0 radical (unpaired) electrons. The molecule has 0 atom stereocenters. The van der Waals surface area contributed by atoms with Gasteiger partial charge in [-0.1, -0.05) is 11.6 Å². The molecule has 0 aromatic carbocycles. The third-order valence-electron chi connectivity index (χ3n) is 3.16. The zero-order valence-corrected chi connectivity index (χ0v) is 12.9. The predicted octanol–water partition coefficient (Wildman–Crippen LogP) is 2.65. The number of hydrogen-bond donors (Lipinski definition) is 0. The Morgan fingerprint density at radius 2 is 2.37 bits per heavy atom.